The summed E-state index contributed by atoms with van der Waals surface area (Å²) in [6, 6.07) is 4.04. The molecule has 16 heavy (non-hydrogen) atoms. The maximum atomic E-state index is 5.14. The molecular formula is C11H13N3OS. The molecule has 0 atom stereocenters. The van der Waals surface area contributed by atoms with Crippen LogP contribution >= 0.6 is 11.8 Å². The van der Waals surface area contributed by atoms with Gasteiger partial charge in [0.25, 0.3) is 5.22 Å². The summed E-state index contributed by atoms with van der Waals surface area (Å²) in [4.78, 5) is 8.33. The summed E-state index contributed by atoms with van der Waals surface area (Å²) in [6.45, 7) is 2.94. The molecule has 0 saturated heterocycles. The predicted octanol–water partition coefficient (Wildman–Crippen LogP) is 2.79. The molecule has 0 aliphatic carbocycles. The Bertz CT molecular complexity index is 413. The van der Waals surface area contributed by atoms with E-state index in [4.69, 9.17) is 4.42 Å². The Labute approximate surface area is 98.5 Å². The highest BCUT2D eigenvalue weighted by molar-refractivity contribution is 7.98. The molecule has 2 rings (SSSR count). The lowest BCUT2D eigenvalue weighted by molar-refractivity contribution is 0.454. The van der Waals surface area contributed by atoms with Crippen LogP contribution in [0.15, 0.2) is 40.4 Å². The van der Waals surface area contributed by atoms with Crippen LogP contribution in [0.4, 0.5) is 5.82 Å². The predicted molar refractivity (Wildman–Crippen MR) is 64.5 cm³/mol. The summed E-state index contributed by atoms with van der Waals surface area (Å²) in [5.41, 5.74) is 1.16. The highest BCUT2D eigenvalue weighted by atomic mass is 32.2. The number of nitrogens with zero attached hydrogens (tertiary/aromatic N) is 2. The van der Waals surface area contributed by atoms with Gasteiger partial charge in [0.05, 0.1) is 6.20 Å². The molecule has 84 valence electrons. The lowest BCUT2D eigenvalue weighted by atomic mass is 10.3. The minimum atomic E-state index is 0.691. The van der Waals surface area contributed by atoms with Crippen LogP contribution in [0, 0.1) is 0 Å². The summed E-state index contributed by atoms with van der Waals surface area (Å²) >= 11 is 1.56. The Kier molecular flexibility index (Phi) is 3.82. The summed E-state index contributed by atoms with van der Waals surface area (Å²) in [5, 5.41) is 3.85. The number of anilines is 1. The van der Waals surface area contributed by atoms with Crippen molar-refractivity contribution in [3.8, 4) is 0 Å². The maximum Gasteiger partial charge on any atom is 0.255 e. The van der Waals surface area contributed by atoms with E-state index in [2.05, 4.69) is 21.4 Å². The molecule has 4 nitrogen and oxygen atoms in total. The Morgan fingerprint density at radius 3 is 2.94 bits per heavy atom. The van der Waals surface area contributed by atoms with Crippen molar-refractivity contribution in [3.63, 3.8) is 0 Å². The second-order valence-corrected chi connectivity index (χ2v) is 4.10. The fourth-order valence-electron chi connectivity index (χ4n) is 1.22. The molecule has 2 heterocycles. The minimum Gasteiger partial charge on any atom is -0.440 e. The van der Waals surface area contributed by atoms with Gasteiger partial charge in [-0.3, -0.25) is 0 Å². The summed E-state index contributed by atoms with van der Waals surface area (Å²) in [7, 11) is 0. The largest absolute Gasteiger partial charge is 0.440 e. The normalized spacial score (nSPS) is 10.3. The Hall–Kier alpha value is -1.49. The standard InChI is InChI=1S/C11H13N3OS/c1-2-12-10-4-3-9(7-14-10)8-16-11-13-5-6-15-11/h3-7H,2,8H2,1H3,(H,12,14). The molecule has 0 spiro atoms. The number of nitrogens with one attached hydrogen (secondary N) is 1. The van der Waals surface area contributed by atoms with Gasteiger partial charge in [0.1, 0.15) is 12.1 Å². The van der Waals surface area contributed by atoms with Crippen LogP contribution in [0.2, 0.25) is 0 Å². The van der Waals surface area contributed by atoms with Gasteiger partial charge >= 0.3 is 0 Å². The number of rotatable bonds is 5. The van der Waals surface area contributed by atoms with Gasteiger partial charge in [-0.2, -0.15) is 0 Å². The second-order valence-electron chi connectivity index (χ2n) is 3.17. The molecule has 1 N–H and O–H groups in total. The van der Waals surface area contributed by atoms with Crippen molar-refractivity contribution >= 4 is 17.6 Å². The fraction of sp³-hybridized carbons (Fsp3) is 0.273. The quantitative estimate of drug-likeness (QED) is 0.807. The van der Waals surface area contributed by atoms with Crippen molar-refractivity contribution in [1.29, 1.82) is 0 Å². The third kappa shape index (κ3) is 3.00. The monoisotopic (exact) mass is 235 g/mol. The maximum absolute atomic E-state index is 5.14. The molecule has 0 fully saturated rings. The van der Waals surface area contributed by atoms with E-state index in [1.54, 1.807) is 24.2 Å². The summed E-state index contributed by atoms with van der Waals surface area (Å²) in [6.07, 6.45) is 5.09. The topological polar surface area (TPSA) is 51.0 Å². The van der Waals surface area contributed by atoms with Gasteiger partial charge in [-0.25, -0.2) is 9.97 Å². The molecular weight excluding hydrogens is 222 g/mol. The van der Waals surface area contributed by atoms with Gasteiger partial charge in [0.2, 0.25) is 0 Å². The lowest BCUT2D eigenvalue weighted by Gasteiger charge is -2.02. The van der Waals surface area contributed by atoms with Gasteiger partial charge in [0, 0.05) is 18.5 Å². The average molecular weight is 235 g/mol. The van der Waals surface area contributed by atoms with Crippen molar-refractivity contribution in [2.45, 2.75) is 17.9 Å². The average Bonchev–Trinajstić information content (AvgIpc) is 2.82. The van der Waals surface area contributed by atoms with E-state index in [1.165, 1.54) is 0 Å². The first-order valence-corrected chi connectivity index (χ1v) is 6.08. The first kappa shape index (κ1) is 11.0. The van der Waals surface area contributed by atoms with Crippen LogP contribution < -0.4 is 5.32 Å². The van der Waals surface area contributed by atoms with E-state index >= 15 is 0 Å². The molecule has 0 bridgehead atoms. The zero-order valence-electron chi connectivity index (χ0n) is 9.01. The van der Waals surface area contributed by atoms with Crippen LogP contribution in [-0.4, -0.2) is 16.5 Å². The number of hydrogen-bond donors (Lipinski definition) is 1. The fourth-order valence-corrected chi connectivity index (χ4v) is 1.94. The van der Waals surface area contributed by atoms with E-state index in [9.17, 15) is 0 Å². The molecule has 2 aromatic heterocycles. The molecule has 0 unspecified atom stereocenters. The molecule has 0 radical (unpaired) electrons. The smallest absolute Gasteiger partial charge is 0.255 e. The van der Waals surface area contributed by atoms with Gasteiger partial charge < -0.3 is 9.73 Å². The number of pyridine rings is 1. The number of hydrogen-bond acceptors (Lipinski definition) is 5. The van der Waals surface area contributed by atoms with Crippen molar-refractivity contribution < 1.29 is 4.42 Å². The molecule has 0 aliphatic heterocycles. The SMILES string of the molecule is CCNc1ccc(CSc2ncco2)cn1. The van der Waals surface area contributed by atoms with Crippen LogP contribution in [0.5, 0.6) is 0 Å². The van der Waals surface area contributed by atoms with E-state index < -0.39 is 0 Å². The van der Waals surface area contributed by atoms with Gasteiger partial charge in [-0.15, -0.1) is 0 Å². The lowest BCUT2D eigenvalue weighted by Crippen LogP contribution is -1.98. The highest BCUT2D eigenvalue weighted by Crippen LogP contribution is 2.20. The Balaban J connectivity index is 1.90. The highest BCUT2D eigenvalue weighted by Gasteiger charge is 2.00. The first-order chi connectivity index (χ1) is 7.88. The van der Waals surface area contributed by atoms with Gasteiger partial charge in [-0.05, 0) is 18.6 Å². The van der Waals surface area contributed by atoms with Crippen LogP contribution in [0.3, 0.4) is 0 Å². The van der Waals surface area contributed by atoms with Gasteiger partial charge in [-0.1, -0.05) is 17.8 Å². The van der Waals surface area contributed by atoms with Crippen LogP contribution in [0.25, 0.3) is 0 Å². The van der Waals surface area contributed by atoms with E-state index in [0.717, 1.165) is 23.7 Å². The number of oxazole rings is 1. The molecule has 5 heteroatoms. The van der Waals surface area contributed by atoms with Crippen molar-refractivity contribution in [3.05, 3.63) is 36.4 Å². The van der Waals surface area contributed by atoms with Crippen LogP contribution in [0.1, 0.15) is 12.5 Å². The molecule has 2 aromatic rings. The molecule has 0 amide bonds. The summed E-state index contributed by atoms with van der Waals surface area (Å²) < 4.78 is 5.14. The number of aromatic nitrogens is 2. The number of thioether (sulfide) groups is 1. The van der Waals surface area contributed by atoms with Crippen molar-refractivity contribution in [1.82, 2.24) is 9.97 Å². The summed E-state index contributed by atoms with van der Waals surface area (Å²) in [5.74, 6) is 1.73. The third-order valence-corrected chi connectivity index (χ3v) is 2.88. The van der Waals surface area contributed by atoms with Crippen LogP contribution in [-0.2, 0) is 5.75 Å². The Morgan fingerprint density at radius 2 is 2.31 bits per heavy atom. The zero-order chi connectivity index (χ0) is 11.2. The second kappa shape index (κ2) is 5.55. The van der Waals surface area contributed by atoms with E-state index in [-0.39, 0.29) is 0 Å². The van der Waals surface area contributed by atoms with Crippen molar-refractivity contribution in [2.24, 2.45) is 0 Å². The van der Waals surface area contributed by atoms with Crippen molar-refractivity contribution in [2.75, 3.05) is 11.9 Å². The minimum absolute atomic E-state index is 0.691. The Morgan fingerprint density at radius 1 is 1.38 bits per heavy atom. The third-order valence-electron chi connectivity index (χ3n) is 1.95. The van der Waals surface area contributed by atoms with Gasteiger partial charge in [0.15, 0.2) is 0 Å². The zero-order valence-corrected chi connectivity index (χ0v) is 9.83. The van der Waals surface area contributed by atoms with E-state index in [1.807, 2.05) is 19.2 Å². The first-order valence-electron chi connectivity index (χ1n) is 5.09. The molecule has 0 aliphatic rings. The van der Waals surface area contributed by atoms with E-state index in [0.29, 0.717) is 5.22 Å². The molecule has 0 saturated carbocycles. The molecule has 0 aromatic carbocycles.